The molecule has 0 fully saturated rings. The van der Waals surface area contributed by atoms with Crippen LogP contribution in [-0.4, -0.2) is 11.9 Å². The fourth-order valence-electron chi connectivity index (χ4n) is 0.282. The maximum atomic E-state index is 3.85. The average molecular weight is 126 g/mol. The summed E-state index contributed by atoms with van der Waals surface area (Å²) in [5, 5.41) is 7.68. The second-order valence-electron chi connectivity index (χ2n) is 2.56. The molecule has 0 radical (unpaired) electrons. The maximum absolute atomic E-state index is 3.85. The molecule has 0 spiro atoms. The van der Waals surface area contributed by atoms with Gasteiger partial charge in [-0.05, 0) is 19.8 Å². The molecule has 9 heavy (non-hydrogen) atoms. The molecule has 52 valence electrons. The molecule has 0 heterocycles. The molecule has 0 aromatic carbocycles. The lowest BCUT2D eigenvalue weighted by atomic mass is 10.3. The van der Waals surface area contributed by atoms with Crippen LogP contribution in [0.15, 0.2) is 10.2 Å². The summed E-state index contributed by atoms with van der Waals surface area (Å²) in [7, 11) is 0. The van der Waals surface area contributed by atoms with Gasteiger partial charge in [0.1, 0.15) is 0 Å². The van der Waals surface area contributed by atoms with Crippen molar-refractivity contribution in [1.82, 2.24) is 0 Å². The van der Waals surface area contributed by atoms with E-state index in [1.165, 1.54) is 0 Å². The molecule has 0 saturated carbocycles. The zero-order valence-corrected chi connectivity index (χ0v) is 6.55. The van der Waals surface area contributed by atoms with Crippen LogP contribution in [0.3, 0.4) is 0 Å². The summed E-state index contributed by atoms with van der Waals surface area (Å²) in [6.45, 7) is 8.00. The highest BCUT2D eigenvalue weighted by Gasteiger charge is 1.81. The molecule has 0 aliphatic rings. The van der Waals surface area contributed by atoms with Gasteiger partial charge >= 0.3 is 0 Å². The molecule has 0 rings (SSSR count). The predicted octanol–water partition coefficient (Wildman–Crippen LogP) is 2.11. The van der Waals surface area contributed by atoms with Gasteiger partial charge in [-0.15, -0.1) is 0 Å². The number of rotatable bonds is 2. The molecule has 0 aliphatic carbocycles. The van der Waals surface area contributed by atoms with Crippen LogP contribution < -0.4 is 0 Å². The Morgan fingerprint density at radius 3 is 2.22 bits per heavy atom. The van der Waals surface area contributed by atoms with E-state index in [1.54, 1.807) is 0 Å². The Morgan fingerprint density at radius 2 is 1.89 bits per heavy atom. The summed E-state index contributed by atoms with van der Waals surface area (Å²) in [6, 6.07) is 0. The van der Waals surface area contributed by atoms with Gasteiger partial charge in [0.2, 0.25) is 0 Å². The zero-order chi connectivity index (χ0) is 7.28. The van der Waals surface area contributed by atoms with Gasteiger partial charge in [0.05, 0.1) is 0 Å². The van der Waals surface area contributed by atoms with Crippen LogP contribution in [0.25, 0.3) is 0 Å². The molecule has 0 amide bonds. The van der Waals surface area contributed by atoms with E-state index in [2.05, 4.69) is 24.1 Å². The third-order valence-electron chi connectivity index (χ3n) is 0.623. The summed E-state index contributed by atoms with van der Waals surface area (Å²) >= 11 is 0. The third-order valence-corrected chi connectivity index (χ3v) is 0.623. The van der Waals surface area contributed by atoms with Crippen molar-refractivity contribution in [1.29, 1.82) is 0 Å². The van der Waals surface area contributed by atoms with Crippen molar-refractivity contribution in [2.24, 2.45) is 16.1 Å². The van der Waals surface area contributed by atoms with Crippen LogP contribution in [0, 0.1) is 5.92 Å². The first-order valence-electron chi connectivity index (χ1n) is 3.17. The van der Waals surface area contributed by atoms with E-state index in [4.69, 9.17) is 0 Å². The van der Waals surface area contributed by atoms with Crippen molar-refractivity contribution in [3.05, 3.63) is 0 Å². The van der Waals surface area contributed by atoms with E-state index in [0.717, 1.165) is 5.71 Å². The van der Waals surface area contributed by atoms with Gasteiger partial charge in [0.15, 0.2) is 0 Å². The number of hydrogen-bond acceptors (Lipinski definition) is 2. The molecule has 0 saturated heterocycles. The molecule has 0 bridgehead atoms. The second kappa shape index (κ2) is 4.24. The summed E-state index contributed by atoms with van der Waals surface area (Å²) in [6.07, 6.45) is 1.83. The molecular weight excluding hydrogens is 112 g/mol. The van der Waals surface area contributed by atoms with Crippen LogP contribution in [-0.2, 0) is 0 Å². The predicted molar refractivity (Wildman–Crippen MR) is 42.1 cm³/mol. The smallest absolute Gasteiger partial charge is 0.0344 e. The minimum absolute atomic E-state index is 0.494. The fourth-order valence-corrected chi connectivity index (χ4v) is 0.282. The van der Waals surface area contributed by atoms with Crippen molar-refractivity contribution >= 4 is 11.9 Å². The van der Waals surface area contributed by atoms with Gasteiger partial charge < -0.3 is 0 Å². The first kappa shape index (κ1) is 8.34. The van der Waals surface area contributed by atoms with Crippen LogP contribution in [0.2, 0.25) is 0 Å². The zero-order valence-electron chi connectivity index (χ0n) is 6.55. The van der Waals surface area contributed by atoms with Gasteiger partial charge in [0, 0.05) is 11.9 Å². The van der Waals surface area contributed by atoms with Gasteiger partial charge in [0.25, 0.3) is 0 Å². The monoisotopic (exact) mass is 126 g/mol. The molecule has 0 aromatic heterocycles. The van der Waals surface area contributed by atoms with Gasteiger partial charge in [-0.25, -0.2) is 0 Å². The van der Waals surface area contributed by atoms with Crippen molar-refractivity contribution < 1.29 is 0 Å². The largest absolute Gasteiger partial charge is 0.163 e. The van der Waals surface area contributed by atoms with Crippen molar-refractivity contribution in [3.8, 4) is 0 Å². The minimum Gasteiger partial charge on any atom is -0.163 e. The Balaban J connectivity index is 3.60. The summed E-state index contributed by atoms with van der Waals surface area (Å²) in [5.41, 5.74) is 0.992. The lowest BCUT2D eigenvalue weighted by Crippen LogP contribution is -1.86. The first-order chi connectivity index (χ1) is 4.13. The molecule has 0 atom stereocenters. The van der Waals surface area contributed by atoms with Crippen LogP contribution in [0.5, 0.6) is 0 Å². The Labute approximate surface area is 56.7 Å². The van der Waals surface area contributed by atoms with Gasteiger partial charge in [-0.2, -0.15) is 10.2 Å². The Bertz CT molecular complexity index is 119. The Hall–Kier alpha value is -0.660. The van der Waals surface area contributed by atoms with Gasteiger partial charge in [-0.1, -0.05) is 13.8 Å². The van der Waals surface area contributed by atoms with E-state index in [1.807, 2.05) is 20.1 Å². The van der Waals surface area contributed by atoms with Crippen LogP contribution in [0.1, 0.15) is 27.7 Å². The fraction of sp³-hybridized carbons (Fsp3) is 0.714. The summed E-state index contributed by atoms with van der Waals surface area (Å²) in [5.74, 6) is 0.494. The number of hydrogen-bond donors (Lipinski definition) is 0. The topological polar surface area (TPSA) is 24.7 Å². The molecule has 0 unspecified atom stereocenters. The van der Waals surface area contributed by atoms with Crippen LogP contribution >= 0.6 is 0 Å². The highest BCUT2D eigenvalue weighted by Crippen LogP contribution is 1.85. The van der Waals surface area contributed by atoms with Crippen molar-refractivity contribution in [2.45, 2.75) is 27.7 Å². The Kier molecular flexibility index (Phi) is 3.93. The highest BCUT2D eigenvalue weighted by atomic mass is 15.2. The summed E-state index contributed by atoms with van der Waals surface area (Å²) in [4.78, 5) is 0. The molecule has 2 heteroatoms. The number of nitrogens with zero attached hydrogens (tertiary/aromatic N) is 2. The lowest BCUT2D eigenvalue weighted by Gasteiger charge is -1.88. The SMILES string of the molecule is CC(C)=N/N=C\C(C)C. The third kappa shape index (κ3) is 7.34. The van der Waals surface area contributed by atoms with E-state index in [-0.39, 0.29) is 0 Å². The molecule has 0 N–H and O–H groups in total. The van der Waals surface area contributed by atoms with E-state index < -0.39 is 0 Å². The molecule has 2 nitrogen and oxygen atoms in total. The normalized spacial score (nSPS) is 10.8. The van der Waals surface area contributed by atoms with E-state index in [0.29, 0.717) is 5.92 Å². The molecule has 0 aliphatic heterocycles. The second-order valence-corrected chi connectivity index (χ2v) is 2.56. The average Bonchev–Trinajstić information content (AvgIpc) is 1.63. The minimum atomic E-state index is 0.494. The van der Waals surface area contributed by atoms with Gasteiger partial charge in [-0.3, -0.25) is 0 Å². The summed E-state index contributed by atoms with van der Waals surface area (Å²) < 4.78 is 0. The maximum Gasteiger partial charge on any atom is 0.0344 e. The lowest BCUT2D eigenvalue weighted by molar-refractivity contribution is 0.900. The molecular formula is C7H14N2. The molecule has 0 aromatic rings. The van der Waals surface area contributed by atoms with Crippen LogP contribution in [0.4, 0.5) is 0 Å². The first-order valence-corrected chi connectivity index (χ1v) is 3.17. The van der Waals surface area contributed by atoms with Crippen molar-refractivity contribution in [3.63, 3.8) is 0 Å². The Morgan fingerprint density at radius 1 is 1.33 bits per heavy atom. The van der Waals surface area contributed by atoms with Crippen molar-refractivity contribution in [2.75, 3.05) is 0 Å². The highest BCUT2D eigenvalue weighted by molar-refractivity contribution is 5.79. The van der Waals surface area contributed by atoms with E-state index >= 15 is 0 Å². The standard InChI is InChI=1S/C7H14N2/c1-6(2)5-8-9-7(3)4/h5-6H,1-4H3/b8-5-. The van der Waals surface area contributed by atoms with E-state index in [9.17, 15) is 0 Å². The quantitative estimate of drug-likeness (QED) is 0.400.